The van der Waals surface area contributed by atoms with Gasteiger partial charge in [0.1, 0.15) is 0 Å². The summed E-state index contributed by atoms with van der Waals surface area (Å²) in [5.41, 5.74) is 0. The molecule has 3 heteroatoms. The summed E-state index contributed by atoms with van der Waals surface area (Å²) in [6.45, 7) is 0. The summed E-state index contributed by atoms with van der Waals surface area (Å²) in [6, 6.07) is 0. The first-order valence-corrected chi connectivity index (χ1v) is 0.447. The van der Waals surface area contributed by atoms with Crippen molar-refractivity contribution in [2.75, 3.05) is 7.11 Å². The average molecular weight is 105 g/mol. The number of rotatable bonds is 0. The largest absolute Gasteiger partial charge is 0.412 e. The summed E-state index contributed by atoms with van der Waals surface area (Å²) in [5, 5.41) is 7.00. The molecule has 0 aliphatic carbocycles. The molecule has 0 spiro atoms. The Morgan fingerprint density at radius 3 is 1.25 bits per heavy atom. The van der Waals surface area contributed by atoms with Gasteiger partial charge < -0.3 is 10.6 Å². The standard InChI is InChI=1S/CH4O.Mn.H2O/c1-2;;/h2H,1H3;;1H2. The third kappa shape index (κ3) is 26.2. The van der Waals surface area contributed by atoms with Crippen LogP contribution in [0.2, 0.25) is 0 Å². The quantitative estimate of drug-likeness (QED) is 0.386. The van der Waals surface area contributed by atoms with Gasteiger partial charge in [-0.25, -0.2) is 0 Å². The predicted molar refractivity (Wildman–Crippen MR) is 11.8 cm³/mol. The van der Waals surface area contributed by atoms with E-state index in [4.69, 9.17) is 5.11 Å². The normalized spacial score (nSPS) is 1.50. The maximum Gasteiger partial charge on any atom is 0.0319 e. The smallest absolute Gasteiger partial charge is 0.0319 e. The van der Waals surface area contributed by atoms with Crippen LogP contribution in [-0.4, -0.2) is 17.7 Å². The van der Waals surface area contributed by atoms with Gasteiger partial charge in [-0.3, -0.25) is 0 Å². The Morgan fingerprint density at radius 2 is 1.25 bits per heavy atom. The van der Waals surface area contributed by atoms with Gasteiger partial charge in [0.25, 0.3) is 0 Å². The van der Waals surface area contributed by atoms with Crippen molar-refractivity contribution in [2.45, 2.75) is 0 Å². The van der Waals surface area contributed by atoms with Crippen molar-refractivity contribution in [1.82, 2.24) is 0 Å². The van der Waals surface area contributed by atoms with E-state index in [1.165, 1.54) is 0 Å². The van der Waals surface area contributed by atoms with E-state index in [0.717, 1.165) is 7.11 Å². The molecule has 0 bridgehead atoms. The number of aliphatic hydroxyl groups is 1. The first kappa shape index (κ1) is 25.3. The zero-order chi connectivity index (χ0) is 2.00. The molecule has 3 N–H and O–H groups in total. The fraction of sp³-hybridized carbons (Fsp3) is 1.00. The minimum Gasteiger partial charge on any atom is -0.412 e. The molecule has 29 valence electrons. The van der Waals surface area contributed by atoms with Crippen LogP contribution in [0.15, 0.2) is 0 Å². The molecular weight excluding hydrogens is 98.9 g/mol. The van der Waals surface area contributed by atoms with Gasteiger partial charge in [-0.1, -0.05) is 0 Å². The first-order chi connectivity index (χ1) is 1.00. The Morgan fingerprint density at radius 1 is 1.25 bits per heavy atom. The van der Waals surface area contributed by atoms with Gasteiger partial charge in [-0.05, 0) is 0 Å². The molecule has 0 aromatic rings. The third-order valence-corrected chi connectivity index (χ3v) is 0. The second kappa shape index (κ2) is 106. The molecule has 0 amide bonds. The van der Waals surface area contributed by atoms with Crippen molar-refractivity contribution < 1.29 is 27.7 Å². The molecule has 1 radical (unpaired) electrons. The van der Waals surface area contributed by atoms with Crippen molar-refractivity contribution in [3.05, 3.63) is 0 Å². The van der Waals surface area contributed by atoms with Gasteiger partial charge in [0.05, 0.1) is 0 Å². The SMILES string of the molecule is CO.O.[Mn]. The molecular formula is CH6MnO2. The minimum absolute atomic E-state index is 0. The zero-order valence-electron chi connectivity index (χ0n) is 2.33. The van der Waals surface area contributed by atoms with Crippen molar-refractivity contribution in [2.24, 2.45) is 0 Å². The van der Waals surface area contributed by atoms with Crippen LogP contribution in [0.25, 0.3) is 0 Å². The van der Waals surface area contributed by atoms with Crippen LogP contribution < -0.4 is 0 Å². The van der Waals surface area contributed by atoms with Crippen LogP contribution in [0.1, 0.15) is 0 Å². The van der Waals surface area contributed by atoms with E-state index in [9.17, 15) is 0 Å². The molecule has 2 nitrogen and oxygen atoms in total. The summed E-state index contributed by atoms with van der Waals surface area (Å²) in [4.78, 5) is 0. The third-order valence-electron chi connectivity index (χ3n) is 0. The molecule has 0 unspecified atom stereocenters. The van der Waals surface area contributed by atoms with Gasteiger partial charge in [0.2, 0.25) is 0 Å². The van der Waals surface area contributed by atoms with E-state index >= 15 is 0 Å². The topological polar surface area (TPSA) is 51.7 Å². The zero-order valence-corrected chi connectivity index (χ0v) is 3.51. The van der Waals surface area contributed by atoms with Crippen molar-refractivity contribution >= 4 is 0 Å². The van der Waals surface area contributed by atoms with Gasteiger partial charge in [0, 0.05) is 24.2 Å². The summed E-state index contributed by atoms with van der Waals surface area (Å²) in [7, 11) is 1.00. The molecule has 0 rings (SSSR count). The number of hydrogen-bond acceptors (Lipinski definition) is 1. The molecule has 4 heavy (non-hydrogen) atoms. The molecule has 0 aromatic carbocycles. The number of aliphatic hydroxyl groups excluding tert-OH is 1. The van der Waals surface area contributed by atoms with E-state index in [0.29, 0.717) is 0 Å². The van der Waals surface area contributed by atoms with Crippen molar-refractivity contribution in [1.29, 1.82) is 0 Å². The Balaban J connectivity index is -0.00000000500. The predicted octanol–water partition coefficient (Wildman–Crippen LogP) is -1.22. The number of hydrogen-bond donors (Lipinski definition) is 1. The van der Waals surface area contributed by atoms with Gasteiger partial charge in [-0.15, -0.1) is 0 Å². The van der Waals surface area contributed by atoms with Gasteiger partial charge in [0.15, 0.2) is 0 Å². The van der Waals surface area contributed by atoms with Crippen LogP contribution in [-0.2, 0) is 17.1 Å². The van der Waals surface area contributed by atoms with E-state index in [2.05, 4.69) is 0 Å². The second-order valence-electron chi connectivity index (χ2n) is 0. The van der Waals surface area contributed by atoms with Gasteiger partial charge >= 0.3 is 0 Å². The average Bonchev–Trinajstić information content (AvgIpc) is 1.00. The second-order valence-corrected chi connectivity index (χ2v) is 0. The molecule has 0 heterocycles. The Hall–Kier alpha value is 0.439. The Kier molecular flexibility index (Phi) is 672. The van der Waals surface area contributed by atoms with Crippen molar-refractivity contribution in [3.63, 3.8) is 0 Å². The maximum absolute atomic E-state index is 7.00. The molecule has 0 aliphatic rings. The Bertz CT molecular complexity index is 6.00. The fourth-order valence-electron chi connectivity index (χ4n) is 0. The summed E-state index contributed by atoms with van der Waals surface area (Å²) < 4.78 is 0. The molecule has 0 saturated heterocycles. The van der Waals surface area contributed by atoms with Crippen LogP contribution in [0.3, 0.4) is 0 Å². The molecule has 0 saturated carbocycles. The molecule has 0 aromatic heterocycles. The van der Waals surface area contributed by atoms with Crippen molar-refractivity contribution in [3.8, 4) is 0 Å². The molecule has 0 atom stereocenters. The molecule has 0 aliphatic heterocycles. The Labute approximate surface area is 35.6 Å². The minimum atomic E-state index is 0. The van der Waals surface area contributed by atoms with Crippen LogP contribution in [0, 0.1) is 0 Å². The van der Waals surface area contributed by atoms with E-state index in [1.54, 1.807) is 0 Å². The summed E-state index contributed by atoms with van der Waals surface area (Å²) >= 11 is 0. The van der Waals surface area contributed by atoms with E-state index in [1.807, 2.05) is 0 Å². The molecule has 0 fully saturated rings. The van der Waals surface area contributed by atoms with Crippen LogP contribution >= 0.6 is 0 Å². The monoisotopic (exact) mass is 105 g/mol. The first-order valence-electron chi connectivity index (χ1n) is 0.447. The maximum atomic E-state index is 7.00. The summed E-state index contributed by atoms with van der Waals surface area (Å²) in [6.07, 6.45) is 0. The van der Waals surface area contributed by atoms with E-state index < -0.39 is 0 Å². The summed E-state index contributed by atoms with van der Waals surface area (Å²) in [5.74, 6) is 0. The van der Waals surface area contributed by atoms with E-state index in [-0.39, 0.29) is 22.5 Å². The fourth-order valence-corrected chi connectivity index (χ4v) is 0. The van der Waals surface area contributed by atoms with Gasteiger partial charge in [-0.2, -0.15) is 0 Å². The van der Waals surface area contributed by atoms with Crippen LogP contribution in [0.4, 0.5) is 0 Å². The van der Waals surface area contributed by atoms with Crippen LogP contribution in [0.5, 0.6) is 0 Å².